The molecular formula is C15H21N3OS. The number of nitrogens with one attached hydrogen (secondary N) is 1. The number of fused-ring (bicyclic) bond motifs is 1. The van der Waals surface area contributed by atoms with Gasteiger partial charge in [-0.15, -0.1) is 11.3 Å². The van der Waals surface area contributed by atoms with Crippen molar-refractivity contribution in [3.63, 3.8) is 0 Å². The van der Waals surface area contributed by atoms with E-state index in [9.17, 15) is 0 Å². The van der Waals surface area contributed by atoms with Gasteiger partial charge in [-0.05, 0) is 31.7 Å². The van der Waals surface area contributed by atoms with Crippen LogP contribution in [0.15, 0.2) is 0 Å². The van der Waals surface area contributed by atoms with E-state index in [1.165, 1.54) is 29.7 Å². The lowest BCUT2D eigenvalue weighted by Crippen LogP contribution is -2.04. The van der Waals surface area contributed by atoms with Gasteiger partial charge in [0.05, 0.1) is 5.39 Å². The van der Waals surface area contributed by atoms with Crippen LogP contribution < -0.4 is 5.32 Å². The predicted octanol–water partition coefficient (Wildman–Crippen LogP) is 3.67. The number of rotatable bonds is 6. The van der Waals surface area contributed by atoms with Crippen LogP contribution in [-0.2, 0) is 11.3 Å². The number of ether oxygens (including phenoxy) is 1. The molecule has 1 fully saturated rings. The van der Waals surface area contributed by atoms with Crippen LogP contribution in [0.25, 0.3) is 10.2 Å². The van der Waals surface area contributed by atoms with E-state index >= 15 is 0 Å². The number of anilines is 1. The molecule has 0 saturated heterocycles. The maximum atomic E-state index is 5.71. The minimum Gasteiger partial charge on any atom is -0.373 e. The Bertz CT molecular complexity index is 619. The molecule has 2 aromatic heterocycles. The average molecular weight is 291 g/mol. The molecule has 108 valence electrons. The molecule has 1 aliphatic carbocycles. The lowest BCUT2D eigenvalue weighted by Gasteiger charge is -2.07. The molecule has 0 spiro atoms. The number of aryl methyl sites for hydroxylation is 2. The van der Waals surface area contributed by atoms with E-state index in [-0.39, 0.29) is 0 Å². The summed E-state index contributed by atoms with van der Waals surface area (Å²) in [6.07, 6.45) is 3.94. The summed E-state index contributed by atoms with van der Waals surface area (Å²) in [7, 11) is 1.91. The molecule has 2 heterocycles. The van der Waals surface area contributed by atoms with Crippen molar-refractivity contribution in [2.45, 2.75) is 39.7 Å². The smallest absolute Gasteiger partial charge is 0.158 e. The molecule has 0 aromatic carbocycles. The van der Waals surface area contributed by atoms with E-state index < -0.39 is 0 Å². The van der Waals surface area contributed by atoms with Crippen LogP contribution >= 0.6 is 11.3 Å². The first-order chi connectivity index (χ1) is 9.69. The van der Waals surface area contributed by atoms with Gasteiger partial charge in [-0.3, -0.25) is 0 Å². The van der Waals surface area contributed by atoms with Crippen molar-refractivity contribution in [1.82, 2.24) is 9.97 Å². The molecule has 0 bridgehead atoms. The van der Waals surface area contributed by atoms with Gasteiger partial charge in [0, 0.05) is 18.5 Å². The lowest BCUT2D eigenvalue weighted by molar-refractivity contribution is 0.110. The summed E-state index contributed by atoms with van der Waals surface area (Å²) in [5.41, 5.74) is 1.27. The Labute approximate surface area is 123 Å². The Morgan fingerprint density at radius 1 is 1.30 bits per heavy atom. The van der Waals surface area contributed by atoms with Crippen LogP contribution in [0.4, 0.5) is 5.82 Å². The molecule has 1 N–H and O–H groups in total. The Morgan fingerprint density at radius 2 is 2.10 bits per heavy atom. The summed E-state index contributed by atoms with van der Waals surface area (Å²) >= 11 is 1.73. The SMILES string of the molecule is CNc1nc(COCCC2CC2)nc2sc(C)c(C)c12. The lowest BCUT2D eigenvalue weighted by atomic mass is 10.2. The second-order valence-corrected chi connectivity index (χ2v) is 6.69. The number of hydrogen-bond donors (Lipinski definition) is 1. The summed E-state index contributed by atoms with van der Waals surface area (Å²) in [5.74, 6) is 2.60. The van der Waals surface area contributed by atoms with Gasteiger partial charge in [0.15, 0.2) is 5.82 Å². The van der Waals surface area contributed by atoms with Crippen LogP contribution in [0.1, 0.15) is 35.5 Å². The van der Waals surface area contributed by atoms with Crippen molar-refractivity contribution < 1.29 is 4.74 Å². The van der Waals surface area contributed by atoms with Gasteiger partial charge in [0.25, 0.3) is 0 Å². The molecule has 0 radical (unpaired) electrons. The number of hydrogen-bond acceptors (Lipinski definition) is 5. The molecule has 0 amide bonds. The maximum Gasteiger partial charge on any atom is 0.158 e. The molecule has 0 atom stereocenters. The van der Waals surface area contributed by atoms with Crippen LogP contribution in [0.5, 0.6) is 0 Å². The number of thiophene rings is 1. The van der Waals surface area contributed by atoms with Gasteiger partial charge in [0.1, 0.15) is 17.3 Å². The third kappa shape index (κ3) is 2.79. The standard InChI is InChI=1S/C15H21N3OS/c1-9-10(2)20-15-13(9)14(16-3)17-12(18-15)8-19-7-6-11-4-5-11/h11H,4-8H2,1-3H3,(H,16,17,18). The van der Waals surface area contributed by atoms with Gasteiger partial charge in [0.2, 0.25) is 0 Å². The van der Waals surface area contributed by atoms with Gasteiger partial charge < -0.3 is 10.1 Å². The third-order valence-electron chi connectivity index (χ3n) is 3.91. The van der Waals surface area contributed by atoms with E-state index in [0.717, 1.165) is 34.4 Å². The Balaban J connectivity index is 1.76. The molecule has 0 aliphatic heterocycles. The minimum absolute atomic E-state index is 0.507. The molecule has 20 heavy (non-hydrogen) atoms. The monoisotopic (exact) mass is 291 g/mol. The second kappa shape index (κ2) is 5.66. The summed E-state index contributed by atoms with van der Waals surface area (Å²) in [4.78, 5) is 11.6. The average Bonchev–Trinajstić information content (AvgIpc) is 3.21. The Morgan fingerprint density at radius 3 is 2.80 bits per heavy atom. The molecule has 0 unspecified atom stereocenters. The normalized spacial score (nSPS) is 14.9. The summed E-state index contributed by atoms with van der Waals surface area (Å²) in [6.45, 7) is 5.59. The molecule has 3 rings (SSSR count). The van der Waals surface area contributed by atoms with Crippen molar-refractivity contribution in [3.05, 3.63) is 16.3 Å². The minimum atomic E-state index is 0.507. The second-order valence-electron chi connectivity index (χ2n) is 5.49. The first-order valence-electron chi connectivity index (χ1n) is 7.21. The highest BCUT2D eigenvalue weighted by Gasteiger charge is 2.20. The van der Waals surface area contributed by atoms with Crippen LogP contribution in [0.2, 0.25) is 0 Å². The molecule has 4 nitrogen and oxygen atoms in total. The molecule has 1 saturated carbocycles. The fourth-order valence-electron chi connectivity index (χ4n) is 2.36. The predicted molar refractivity (Wildman–Crippen MR) is 83.4 cm³/mol. The van der Waals surface area contributed by atoms with Crippen molar-refractivity contribution in [2.24, 2.45) is 5.92 Å². The zero-order chi connectivity index (χ0) is 14.1. The number of aromatic nitrogens is 2. The Hall–Kier alpha value is -1.20. The zero-order valence-corrected chi connectivity index (χ0v) is 13.1. The fraction of sp³-hybridized carbons (Fsp3) is 0.600. The van der Waals surface area contributed by atoms with E-state index in [1.54, 1.807) is 11.3 Å². The summed E-state index contributed by atoms with van der Waals surface area (Å²) in [6, 6.07) is 0. The maximum absolute atomic E-state index is 5.71. The molecule has 1 aliphatic rings. The van der Waals surface area contributed by atoms with Crippen molar-refractivity contribution >= 4 is 27.4 Å². The first kappa shape index (κ1) is 13.8. The largest absolute Gasteiger partial charge is 0.373 e. The van der Waals surface area contributed by atoms with Gasteiger partial charge >= 0.3 is 0 Å². The zero-order valence-electron chi connectivity index (χ0n) is 12.3. The Kier molecular flexibility index (Phi) is 3.89. The summed E-state index contributed by atoms with van der Waals surface area (Å²) < 4.78 is 5.71. The van der Waals surface area contributed by atoms with Crippen LogP contribution in [0, 0.1) is 19.8 Å². The highest BCUT2D eigenvalue weighted by atomic mass is 32.1. The topological polar surface area (TPSA) is 47.0 Å². The summed E-state index contributed by atoms with van der Waals surface area (Å²) in [5, 5.41) is 4.33. The molecule has 2 aromatic rings. The van der Waals surface area contributed by atoms with Crippen molar-refractivity contribution in [3.8, 4) is 0 Å². The van der Waals surface area contributed by atoms with Gasteiger partial charge in [-0.1, -0.05) is 12.8 Å². The van der Waals surface area contributed by atoms with E-state index in [2.05, 4.69) is 29.1 Å². The fourth-order valence-corrected chi connectivity index (χ4v) is 3.41. The highest BCUT2D eigenvalue weighted by molar-refractivity contribution is 7.18. The van der Waals surface area contributed by atoms with E-state index in [1.807, 2.05) is 7.05 Å². The van der Waals surface area contributed by atoms with Crippen molar-refractivity contribution in [2.75, 3.05) is 19.0 Å². The van der Waals surface area contributed by atoms with Gasteiger partial charge in [-0.25, -0.2) is 9.97 Å². The highest BCUT2D eigenvalue weighted by Crippen LogP contribution is 2.33. The van der Waals surface area contributed by atoms with Crippen molar-refractivity contribution in [1.29, 1.82) is 0 Å². The third-order valence-corrected chi connectivity index (χ3v) is 5.01. The van der Waals surface area contributed by atoms with E-state index in [4.69, 9.17) is 4.74 Å². The van der Waals surface area contributed by atoms with Crippen LogP contribution in [-0.4, -0.2) is 23.6 Å². The molecule has 5 heteroatoms. The number of nitrogens with zero attached hydrogens (tertiary/aromatic N) is 2. The quantitative estimate of drug-likeness (QED) is 0.825. The first-order valence-corrected chi connectivity index (χ1v) is 8.02. The molecular weight excluding hydrogens is 270 g/mol. The van der Waals surface area contributed by atoms with E-state index in [0.29, 0.717) is 6.61 Å². The van der Waals surface area contributed by atoms with Crippen LogP contribution in [0.3, 0.4) is 0 Å². The van der Waals surface area contributed by atoms with Gasteiger partial charge in [-0.2, -0.15) is 0 Å².